The highest BCUT2D eigenvalue weighted by atomic mass is 16.1. The van der Waals surface area contributed by atoms with Crippen LogP contribution >= 0.6 is 0 Å². The highest BCUT2D eigenvalue weighted by molar-refractivity contribution is 5.86. The second-order valence-corrected chi connectivity index (χ2v) is 5.27. The third-order valence-electron chi connectivity index (χ3n) is 2.64. The van der Waals surface area contributed by atoms with Gasteiger partial charge < -0.3 is 11.1 Å². The summed E-state index contributed by atoms with van der Waals surface area (Å²) in [4.78, 5) is 10.9. The first-order valence-electron chi connectivity index (χ1n) is 6.04. The predicted molar refractivity (Wildman–Crippen MR) is 69.1 cm³/mol. The van der Waals surface area contributed by atoms with Crippen LogP contribution in [0.3, 0.4) is 0 Å². The van der Waals surface area contributed by atoms with Crippen LogP contribution in [0.25, 0.3) is 0 Å². The van der Waals surface area contributed by atoms with Gasteiger partial charge in [-0.3, -0.25) is 4.79 Å². The lowest BCUT2D eigenvalue weighted by Gasteiger charge is -2.19. The second kappa shape index (κ2) is 7.44. The van der Waals surface area contributed by atoms with Gasteiger partial charge in [0, 0.05) is 12.1 Å². The average molecular weight is 226 g/mol. The highest BCUT2D eigenvalue weighted by Gasteiger charge is 2.11. The van der Waals surface area contributed by atoms with Crippen molar-refractivity contribution in [2.45, 2.75) is 52.0 Å². The molecule has 0 aliphatic rings. The molecule has 1 atom stereocenters. The van der Waals surface area contributed by atoms with Crippen molar-refractivity contribution in [2.24, 2.45) is 11.7 Å². The van der Waals surface area contributed by atoms with Crippen LogP contribution in [0, 0.1) is 5.92 Å². The monoisotopic (exact) mass is 226 g/mol. The molecule has 0 fully saturated rings. The average Bonchev–Trinajstić information content (AvgIpc) is 2.15. The molecule has 3 heteroatoms. The van der Waals surface area contributed by atoms with Crippen molar-refractivity contribution in [1.29, 1.82) is 0 Å². The first-order valence-corrected chi connectivity index (χ1v) is 6.04. The van der Waals surface area contributed by atoms with Crippen LogP contribution in [0.15, 0.2) is 12.7 Å². The minimum Gasteiger partial charge on any atom is -0.353 e. The van der Waals surface area contributed by atoms with Gasteiger partial charge in [0.1, 0.15) is 0 Å². The summed E-state index contributed by atoms with van der Waals surface area (Å²) in [7, 11) is 0. The zero-order valence-corrected chi connectivity index (χ0v) is 10.9. The number of nitrogens with one attached hydrogen (secondary N) is 1. The van der Waals surface area contributed by atoms with Crippen LogP contribution in [0.4, 0.5) is 0 Å². The molecule has 0 heterocycles. The Labute approximate surface area is 99.5 Å². The summed E-state index contributed by atoms with van der Waals surface area (Å²) in [5.74, 6) is 0.544. The standard InChI is InChI=1S/C13H26N2O/c1-5-12(16)15-10-8-11(2)7-6-9-13(3,4)14/h5,11H,1,6-10,14H2,2-4H3,(H,15,16). The lowest BCUT2D eigenvalue weighted by atomic mass is 9.94. The molecule has 1 amide bonds. The van der Waals surface area contributed by atoms with Gasteiger partial charge >= 0.3 is 0 Å². The van der Waals surface area contributed by atoms with E-state index >= 15 is 0 Å². The zero-order chi connectivity index (χ0) is 12.6. The maximum atomic E-state index is 10.9. The largest absolute Gasteiger partial charge is 0.353 e. The molecule has 0 rings (SSSR count). The van der Waals surface area contributed by atoms with Crippen molar-refractivity contribution in [3.63, 3.8) is 0 Å². The Morgan fingerprint density at radius 1 is 1.50 bits per heavy atom. The minimum absolute atomic E-state index is 0.0588. The van der Waals surface area contributed by atoms with E-state index in [1.165, 1.54) is 12.5 Å². The first kappa shape index (κ1) is 15.2. The number of rotatable bonds is 8. The van der Waals surface area contributed by atoms with Gasteiger partial charge in [0.25, 0.3) is 0 Å². The van der Waals surface area contributed by atoms with Crippen molar-refractivity contribution in [3.05, 3.63) is 12.7 Å². The van der Waals surface area contributed by atoms with Gasteiger partial charge in [-0.05, 0) is 38.7 Å². The van der Waals surface area contributed by atoms with E-state index in [4.69, 9.17) is 5.73 Å². The fourth-order valence-electron chi connectivity index (χ4n) is 1.56. The summed E-state index contributed by atoms with van der Waals surface area (Å²) in [6.07, 6.45) is 5.70. The van der Waals surface area contributed by atoms with Crippen molar-refractivity contribution < 1.29 is 4.79 Å². The van der Waals surface area contributed by atoms with E-state index < -0.39 is 0 Å². The van der Waals surface area contributed by atoms with E-state index in [1.807, 2.05) is 0 Å². The summed E-state index contributed by atoms with van der Waals surface area (Å²) in [5, 5.41) is 2.79. The molecule has 0 aliphatic heterocycles. The smallest absolute Gasteiger partial charge is 0.243 e. The van der Waals surface area contributed by atoms with E-state index in [0.717, 1.165) is 25.8 Å². The Balaban J connectivity index is 3.48. The van der Waals surface area contributed by atoms with Gasteiger partial charge in [0.05, 0.1) is 0 Å². The van der Waals surface area contributed by atoms with Crippen molar-refractivity contribution in [1.82, 2.24) is 5.32 Å². The Morgan fingerprint density at radius 3 is 2.62 bits per heavy atom. The highest BCUT2D eigenvalue weighted by Crippen LogP contribution is 2.15. The molecule has 0 aliphatic carbocycles. The predicted octanol–water partition coefficient (Wildman–Crippen LogP) is 2.22. The Kier molecular flexibility index (Phi) is 7.06. The molecular weight excluding hydrogens is 200 g/mol. The SMILES string of the molecule is C=CC(=O)NCCC(C)CCCC(C)(C)N. The Bertz CT molecular complexity index is 218. The lowest BCUT2D eigenvalue weighted by Crippen LogP contribution is -2.31. The summed E-state index contributed by atoms with van der Waals surface area (Å²) < 4.78 is 0. The van der Waals surface area contributed by atoms with Gasteiger partial charge in [0.2, 0.25) is 5.91 Å². The molecule has 0 aromatic heterocycles. The minimum atomic E-state index is -0.0877. The summed E-state index contributed by atoms with van der Waals surface area (Å²) in [6, 6.07) is 0. The first-order chi connectivity index (χ1) is 7.35. The van der Waals surface area contributed by atoms with E-state index in [2.05, 4.69) is 32.7 Å². The number of hydrogen-bond donors (Lipinski definition) is 2. The van der Waals surface area contributed by atoms with Crippen LogP contribution in [0.2, 0.25) is 0 Å². The number of carbonyl (C=O) groups excluding carboxylic acids is 1. The molecule has 0 aromatic carbocycles. The quantitative estimate of drug-likeness (QED) is 0.624. The van der Waals surface area contributed by atoms with Gasteiger partial charge in [-0.2, -0.15) is 0 Å². The number of hydrogen-bond acceptors (Lipinski definition) is 2. The molecule has 0 saturated heterocycles. The molecule has 0 spiro atoms. The normalized spacial score (nSPS) is 13.2. The molecule has 0 aromatic rings. The summed E-state index contributed by atoms with van der Waals surface area (Å²) >= 11 is 0. The lowest BCUT2D eigenvalue weighted by molar-refractivity contribution is -0.116. The molecule has 94 valence electrons. The van der Waals surface area contributed by atoms with Crippen molar-refractivity contribution in [3.8, 4) is 0 Å². The van der Waals surface area contributed by atoms with Crippen LogP contribution in [-0.2, 0) is 4.79 Å². The molecule has 16 heavy (non-hydrogen) atoms. The van der Waals surface area contributed by atoms with Gasteiger partial charge in [-0.15, -0.1) is 0 Å². The molecular formula is C13H26N2O. The van der Waals surface area contributed by atoms with Gasteiger partial charge in [-0.25, -0.2) is 0 Å². The van der Waals surface area contributed by atoms with E-state index in [1.54, 1.807) is 0 Å². The molecule has 0 bridgehead atoms. The van der Waals surface area contributed by atoms with Gasteiger partial charge in [0.15, 0.2) is 0 Å². The Morgan fingerprint density at radius 2 is 2.12 bits per heavy atom. The molecule has 3 N–H and O–H groups in total. The third kappa shape index (κ3) is 9.71. The summed E-state index contributed by atoms with van der Waals surface area (Å²) in [5.41, 5.74) is 5.85. The maximum Gasteiger partial charge on any atom is 0.243 e. The van der Waals surface area contributed by atoms with Crippen LogP contribution < -0.4 is 11.1 Å². The van der Waals surface area contributed by atoms with Crippen LogP contribution in [-0.4, -0.2) is 18.0 Å². The van der Waals surface area contributed by atoms with Gasteiger partial charge in [-0.1, -0.05) is 26.3 Å². The number of amides is 1. The van der Waals surface area contributed by atoms with Crippen molar-refractivity contribution in [2.75, 3.05) is 6.54 Å². The topological polar surface area (TPSA) is 55.1 Å². The van der Waals surface area contributed by atoms with E-state index in [-0.39, 0.29) is 11.4 Å². The summed E-state index contributed by atoms with van der Waals surface area (Å²) in [6.45, 7) is 10.5. The Hall–Kier alpha value is -0.830. The fourth-order valence-corrected chi connectivity index (χ4v) is 1.56. The molecule has 3 nitrogen and oxygen atoms in total. The maximum absolute atomic E-state index is 10.9. The van der Waals surface area contributed by atoms with E-state index in [0.29, 0.717) is 5.92 Å². The second-order valence-electron chi connectivity index (χ2n) is 5.27. The van der Waals surface area contributed by atoms with Crippen LogP contribution in [0.1, 0.15) is 46.5 Å². The van der Waals surface area contributed by atoms with Crippen molar-refractivity contribution >= 4 is 5.91 Å². The fraction of sp³-hybridized carbons (Fsp3) is 0.769. The molecule has 0 radical (unpaired) electrons. The zero-order valence-electron chi connectivity index (χ0n) is 10.9. The molecule has 0 saturated carbocycles. The molecule has 1 unspecified atom stereocenters. The van der Waals surface area contributed by atoms with Crippen LogP contribution in [0.5, 0.6) is 0 Å². The third-order valence-corrected chi connectivity index (χ3v) is 2.64. The van der Waals surface area contributed by atoms with E-state index in [9.17, 15) is 4.79 Å². The number of nitrogens with two attached hydrogens (primary N) is 1. The number of carbonyl (C=O) groups is 1.